The highest BCUT2D eigenvalue weighted by atomic mass is 16.1. The van der Waals surface area contributed by atoms with E-state index in [0.29, 0.717) is 6.54 Å². The first-order valence-corrected chi connectivity index (χ1v) is 2.08. The van der Waals surface area contributed by atoms with Crippen molar-refractivity contribution in [1.82, 2.24) is 10.9 Å². The highest BCUT2D eigenvalue weighted by Crippen LogP contribution is 1.83. The van der Waals surface area contributed by atoms with E-state index in [4.69, 9.17) is 5.73 Å². The Morgan fingerprint density at radius 1 is 1.86 bits per heavy atom. The predicted octanol–water partition coefficient (Wildman–Crippen LogP) is -2.05. The number of primary amides is 1. The lowest BCUT2D eigenvalue weighted by Crippen LogP contribution is -2.64. The Morgan fingerprint density at radius 3 is 2.43 bits per heavy atom. The summed E-state index contributed by atoms with van der Waals surface area (Å²) in [5.41, 5.74) is 10.2. The van der Waals surface area contributed by atoms with E-state index < -0.39 is 0 Å². The van der Waals surface area contributed by atoms with E-state index in [1.54, 1.807) is 0 Å². The number of carbonyl (C=O) groups is 1. The molecule has 1 fully saturated rings. The molecule has 0 spiro atoms. The maximum Gasteiger partial charge on any atom is 0.237 e. The number of amides is 1. The molecule has 1 aliphatic rings. The van der Waals surface area contributed by atoms with E-state index in [-0.39, 0.29) is 11.9 Å². The molecular formula is C3H7N3O. The Labute approximate surface area is 41.0 Å². The molecule has 0 radical (unpaired) electrons. The van der Waals surface area contributed by atoms with Gasteiger partial charge in [-0.1, -0.05) is 0 Å². The maximum atomic E-state index is 10.1. The summed E-state index contributed by atoms with van der Waals surface area (Å²) in [7, 11) is 0. The van der Waals surface area contributed by atoms with E-state index in [1.165, 1.54) is 0 Å². The molecule has 0 aromatic carbocycles. The van der Waals surface area contributed by atoms with E-state index in [1.807, 2.05) is 0 Å². The lowest BCUT2D eigenvalue weighted by molar-refractivity contribution is -0.121. The van der Waals surface area contributed by atoms with Crippen LogP contribution in [-0.4, -0.2) is 18.5 Å². The molecule has 1 saturated heterocycles. The Morgan fingerprint density at radius 2 is 2.43 bits per heavy atom. The quantitative estimate of drug-likeness (QED) is 0.356. The topological polar surface area (TPSA) is 67.2 Å². The zero-order valence-corrected chi connectivity index (χ0v) is 3.77. The number of nitrogens with two attached hydrogens (primary N) is 1. The Kier molecular flexibility index (Phi) is 0.958. The van der Waals surface area contributed by atoms with Crippen LogP contribution in [0.3, 0.4) is 0 Å². The summed E-state index contributed by atoms with van der Waals surface area (Å²) in [5, 5.41) is 0. The molecule has 0 aliphatic carbocycles. The SMILES string of the molecule is NC(=O)C1CNN1. The fraction of sp³-hybridized carbons (Fsp3) is 0.667. The van der Waals surface area contributed by atoms with Crippen LogP contribution in [0.15, 0.2) is 0 Å². The highest BCUT2D eigenvalue weighted by molar-refractivity contribution is 5.80. The van der Waals surface area contributed by atoms with Gasteiger partial charge in [0, 0.05) is 6.54 Å². The van der Waals surface area contributed by atoms with Gasteiger partial charge in [-0.05, 0) is 0 Å². The van der Waals surface area contributed by atoms with Crippen LogP contribution in [0.4, 0.5) is 0 Å². The normalized spacial score (nSPS) is 28.9. The Balaban J connectivity index is 2.27. The molecule has 0 aromatic rings. The van der Waals surface area contributed by atoms with Gasteiger partial charge in [-0.25, -0.2) is 5.43 Å². The average molecular weight is 101 g/mol. The van der Waals surface area contributed by atoms with Gasteiger partial charge in [0.05, 0.1) is 0 Å². The van der Waals surface area contributed by atoms with Gasteiger partial charge < -0.3 is 5.73 Å². The van der Waals surface area contributed by atoms with Crippen molar-refractivity contribution >= 4 is 5.91 Å². The summed E-state index contributed by atoms with van der Waals surface area (Å²) in [6.07, 6.45) is 0. The minimum atomic E-state index is -0.293. The number of hydrogen-bond donors (Lipinski definition) is 3. The van der Waals surface area contributed by atoms with Crippen LogP contribution in [0.5, 0.6) is 0 Å². The molecule has 0 saturated carbocycles. The van der Waals surface area contributed by atoms with E-state index in [0.717, 1.165) is 0 Å². The molecule has 1 aliphatic heterocycles. The smallest absolute Gasteiger partial charge is 0.237 e. The van der Waals surface area contributed by atoms with Crippen LogP contribution in [0.1, 0.15) is 0 Å². The van der Waals surface area contributed by atoms with Gasteiger partial charge in [0.25, 0.3) is 0 Å². The number of hydrogen-bond acceptors (Lipinski definition) is 3. The highest BCUT2D eigenvalue weighted by Gasteiger charge is 2.20. The van der Waals surface area contributed by atoms with Gasteiger partial charge in [0.15, 0.2) is 0 Å². The number of hydrazine groups is 1. The third-order valence-electron chi connectivity index (χ3n) is 0.926. The van der Waals surface area contributed by atoms with Crippen molar-refractivity contribution < 1.29 is 4.79 Å². The van der Waals surface area contributed by atoms with Crippen molar-refractivity contribution in [3.05, 3.63) is 0 Å². The van der Waals surface area contributed by atoms with Crippen molar-refractivity contribution in [1.29, 1.82) is 0 Å². The zero-order valence-electron chi connectivity index (χ0n) is 3.77. The molecule has 1 heterocycles. The number of rotatable bonds is 1. The molecule has 0 bridgehead atoms. The molecule has 40 valence electrons. The van der Waals surface area contributed by atoms with Gasteiger partial charge in [-0.3, -0.25) is 10.2 Å². The maximum absolute atomic E-state index is 10.1. The third-order valence-corrected chi connectivity index (χ3v) is 0.926. The second kappa shape index (κ2) is 1.48. The summed E-state index contributed by atoms with van der Waals surface area (Å²) in [4.78, 5) is 10.1. The molecule has 1 rings (SSSR count). The van der Waals surface area contributed by atoms with Crippen LogP contribution >= 0.6 is 0 Å². The van der Waals surface area contributed by atoms with Gasteiger partial charge in [-0.15, -0.1) is 0 Å². The monoisotopic (exact) mass is 101 g/mol. The van der Waals surface area contributed by atoms with Crippen LogP contribution in [0.25, 0.3) is 0 Å². The molecule has 7 heavy (non-hydrogen) atoms. The van der Waals surface area contributed by atoms with Crippen molar-refractivity contribution in [2.24, 2.45) is 5.73 Å². The van der Waals surface area contributed by atoms with Gasteiger partial charge in [0.2, 0.25) is 5.91 Å². The first kappa shape index (κ1) is 4.55. The van der Waals surface area contributed by atoms with Crippen LogP contribution < -0.4 is 16.6 Å². The van der Waals surface area contributed by atoms with Gasteiger partial charge in [-0.2, -0.15) is 0 Å². The minimum Gasteiger partial charge on any atom is -0.368 e. The standard InChI is InChI=1S/C3H7N3O/c4-3(7)2-1-5-6-2/h2,5-6H,1H2,(H2,4,7). The van der Waals surface area contributed by atoms with Crippen molar-refractivity contribution in [2.45, 2.75) is 6.04 Å². The van der Waals surface area contributed by atoms with Crippen molar-refractivity contribution in [3.63, 3.8) is 0 Å². The largest absolute Gasteiger partial charge is 0.368 e. The van der Waals surface area contributed by atoms with Crippen LogP contribution in [-0.2, 0) is 4.79 Å². The fourth-order valence-electron chi connectivity index (χ4n) is 0.376. The number of carbonyl (C=O) groups excluding carboxylic acids is 1. The molecular weight excluding hydrogens is 94.1 g/mol. The first-order valence-electron chi connectivity index (χ1n) is 2.08. The molecule has 0 aromatic heterocycles. The molecule has 1 unspecified atom stereocenters. The second-order valence-electron chi connectivity index (χ2n) is 1.48. The molecule has 1 amide bonds. The van der Waals surface area contributed by atoms with Crippen molar-refractivity contribution in [3.8, 4) is 0 Å². The lowest BCUT2D eigenvalue weighted by atomic mass is 10.2. The number of nitrogens with one attached hydrogen (secondary N) is 2. The molecule has 4 nitrogen and oxygen atoms in total. The van der Waals surface area contributed by atoms with E-state index in [9.17, 15) is 4.79 Å². The Hall–Kier alpha value is -0.610. The summed E-state index contributed by atoms with van der Waals surface area (Å²) in [6, 6.07) is -0.139. The Bertz CT molecular complexity index is 88.2. The third kappa shape index (κ3) is 0.703. The summed E-state index contributed by atoms with van der Waals surface area (Å²) < 4.78 is 0. The van der Waals surface area contributed by atoms with Crippen LogP contribution in [0.2, 0.25) is 0 Å². The second-order valence-corrected chi connectivity index (χ2v) is 1.48. The summed E-state index contributed by atoms with van der Waals surface area (Å²) in [5.74, 6) is -0.293. The molecule has 4 N–H and O–H groups in total. The van der Waals surface area contributed by atoms with Gasteiger partial charge in [0.1, 0.15) is 6.04 Å². The zero-order chi connectivity index (χ0) is 5.28. The van der Waals surface area contributed by atoms with E-state index >= 15 is 0 Å². The predicted molar refractivity (Wildman–Crippen MR) is 24.1 cm³/mol. The molecule has 4 heteroatoms. The van der Waals surface area contributed by atoms with E-state index in [2.05, 4.69) is 10.9 Å². The fourth-order valence-corrected chi connectivity index (χ4v) is 0.376. The van der Waals surface area contributed by atoms with Crippen molar-refractivity contribution in [2.75, 3.05) is 6.54 Å². The first-order chi connectivity index (χ1) is 3.30. The molecule has 1 atom stereocenters. The summed E-state index contributed by atoms with van der Waals surface area (Å²) >= 11 is 0. The van der Waals surface area contributed by atoms with Crippen LogP contribution in [0, 0.1) is 0 Å². The average Bonchev–Trinajstić information content (AvgIpc) is 1.23. The lowest BCUT2D eigenvalue weighted by Gasteiger charge is -2.25. The summed E-state index contributed by atoms with van der Waals surface area (Å²) in [6.45, 7) is 0.662. The van der Waals surface area contributed by atoms with Gasteiger partial charge >= 0.3 is 0 Å². The minimum absolute atomic E-state index is 0.139.